The fourth-order valence-electron chi connectivity index (χ4n) is 2.18. The molecule has 0 bridgehead atoms. The molecule has 0 aliphatic carbocycles. The van der Waals surface area contributed by atoms with E-state index >= 15 is 0 Å². The number of halogens is 3. The number of rotatable bonds is 8. The number of aryl methyl sites for hydroxylation is 1. The zero-order valence-electron chi connectivity index (χ0n) is 15.4. The minimum Gasteiger partial charge on any atom is -0.368 e. The largest absolute Gasteiger partial charge is 0.446 e. The molecule has 2 rings (SSSR count). The number of nitrogens with zero attached hydrogens (tertiary/aromatic N) is 2. The van der Waals surface area contributed by atoms with Gasteiger partial charge in [-0.2, -0.15) is 18.2 Å². The molecule has 0 atom stereocenters. The number of benzene rings is 1. The highest BCUT2D eigenvalue weighted by molar-refractivity contribution is 8.00. The first kappa shape index (κ1) is 21.6. The van der Waals surface area contributed by atoms with Crippen molar-refractivity contribution in [2.24, 2.45) is 0 Å². The second-order valence-corrected chi connectivity index (χ2v) is 6.77. The molecule has 4 N–H and O–H groups in total. The van der Waals surface area contributed by atoms with Crippen LogP contribution in [0.4, 0.5) is 35.4 Å². The van der Waals surface area contributed by atoms with Gasteiger partial charge in [0, 0.05) is 42.0 Å². The Kier molecular flexibility index (Phi) is 7.73. The zero-order valence-corrected chi connectivity index (χ0v) is 16.2. The Morgan fingerprint density at radius 3 is 2.46 bits per heavy atom. The number of urea groups is 1. The summed E-state index contributed by atoms with van der Waals surface area (Å²) >= 11 is -0.203. The van der Waals surface area contributed by atoms with Crippen molar-refractivity contribution in [2.75, 3.05) is 35.6 Å². The predicted molar refractivity (Wildman–Crippen MR) is 105 cm³/mol. The molecule has 0 aliphatic heterocycles. The maximum Gasteiger partial charge on any atom is 0.446 e. The lowest BCUT2D eigenvalue weighted by Crippen LogP contribution is -2.32. The van der Waals surface area contributed by atoms with Gasteiger partial charge in [-0.05, 0) is 49.9 Å². The van der Waals surface area contributed by atoms with Crippen molar-refractivity contribution >= 4 is 35.2 Å². The van der Waals surface area contributed by atoms with Crippen LogP contribution in [0.1, 0.15) is 12.6 Å². The van der Waals surface area contributed by atoms with Gasteiger partial charge in [-0.15, -0.1) is 0 Å². The number of alkyl halides is 3. The second kappa shape index (κ2) is 10.0. The molecule has 7 nitrogen and oxygen atoms in total. The van der Waals surface area contributed by atoms with Crippen LogP contribution in [0.2, 0.25) is 0 Å². The Bertz CT molecular complexity index is 785. The van der Waals surface area contributed by atoms with Crippen LogP contribution >= 0.6 is 11.8 Å². The molecular weight excluding hydrogens is 393 g/mol. The average Bonchev–Trinajstić information content (AvgIpc) is 2.59. The Morgan fingerprint density at radius 1 is 1.11 bits per heavy atom. The van der Waals surface area contributed by atoms with Gasteiger partial charge in [0.15, 0.2) is 0 Å². The fourth-order valence-corrected chi connectivity index (χ4v) is 2.72. The lowest BCUT2D eigenvalue weighted by Gasteiger charge is -2.11. The molecule has 0 saturated carbocycles. The van der Waals surface area contributed by atoms with E-state index < -0.39 is 11.5 Å². The topological polar surface area (TPSA) is 91.0 Å². The molecule has 28 heavy (non-hydrogen) atoms. The van der Waals surface area contributed by atoms with E-state index in [0.29, 0.717) is 37.1 Å². The summed E-state index contributed by atoms with van der Waals surface area (Å²) in [5.41, 5.74) is -3.13. The molecule has 0 aliphatic rings. The van der Waals surface area contributed by atoms with Crippen LogP contribution < -0.4 is 21.3 Å². The van der Waals surface area contributed by atoms with Gasteiger partial charge in [-0.3, -0.25) is 0 Å². The number of thioether (sulfide) groups is 1. The van der Waals surface area contributed by atoms with Crippen LogP contribution in [-0.4, -0.2) is 41.1 Å². The molecule has 1 aromatic heterocycles. The first-order valence-electron chi connectivity index (χ1n) is 8.49. The van der Waals surface area contributed by atoms with Crippen molar-refractivity contribution in [2.45, 2.75) is 24.3 Å². The van der Waals surface area contributed by atoms with Gasteiger partial charge >= 0.3 is 11.5 Å². The van der Waals surface area contributed by atoms with E-state index in [4.69, 9.17) is 0 Å². The smallest absolute Gasteiger partial charge is 0.368 e. The molecule has 0 radical (unpaired) electrons. The van der Waals surface area contributed by atoms with Gasteiger partial charge in [-0.1, -0.05) is 0 Å². The van der Waals surface area contributed by atoms with Crippen molar-refractivity contribution < 1.29 is 18.0 Å². The highest BCUT2D eigenvalue weighted by Crippen LogP contribution is 2.36. The van der Waals surface area contributed by atoms with E-state index in [1.807, 2.05) is 13.8 Å². The molecule has 152 valence electrons. The number of nitrogens with one attached hydrogen (secondary N) is 4. The summed E-state index contributed by atoms with van der Waals surface area (Å²) in [5, 5.41) is 11.3. The van der Waals surface area contributed by atoms with Crippen LogP contribution in [0.15, 0.2) is 35.2 Å². The highest BCUT2D eigenvalue weighted by Gasteiger charge is 2.29. The molecule has 11 heteroatoms. The van der Waals surface area contributed by atoms with Crippen LogP contribution in [0.5, 0.6) is 0 Å². The third kappa shape index (κ3) is 7.91. The Balaban J connectivity index is 1.74. The molecule has 1 aromatic carbocycles. The molecular formula is C17H21F3N6OS. The summed E-state index contributed by atoms with van der Waals surface area (Å²) in [5.74, 6) is 1.17. The molecule has 0 spiro atoms. The van der Waals surface area contributed by atoms with Crippen LogP contribution in [-0.2, 0) is 0 Å². The van der Waals surface area contributed by atoms with Crippen molar-refractivity contribution in [1.82, 2.24) is 15.3 Å². The van der Waals surface area contributed by atoms with Gasteiger partial charge < -0.3 is 21.3 Å². The predicted octanol–water partition coefficient (Wildman–Crippen LogP) is 4.06. The maximum atomic E-state index is 12.3. The third-order valence-electron chi connectivity index (χ3n) is 3.25. The summed E-state index contributed by atoms with van der Waals surface area (Å²) in [7, 11) is 0. The first-order valence-corrected chi connectivity index (χ1v) is 9.31. The molecule has 0 unspecified atom stereocenters. The molecule has 0 fully saturated rings. The van der Waals surface area contributed by atoms with Crippen LogP contribution in [0, 0.1) is 6.92 Å². The maximum absolute atomic E-state index is 12.3. The standard InChI is InChI=1S/C17H21F3N6OS/c1-3-21-15-24-11(2)10-14(26-15)22-8-9-23-16(27)25-12-4-6-13(7-5-12)28-17(18,19)20/h4-7,10H,3,8-9H2,1-2H3,(H2,23,25,27)(H2,21,22,24,26). The van der Waals surface area contributed by atoms with E-state index in [1.165, 1.54) is 24.3 Å². The molecule has 2 amide bonds. The Morgan fingerprint density at radius 2 is 1.82 bits per heavy atom. The number of hydrogen-bond donors (Lipinski definition) is 4. The SMILES string of the molecule is CCNc1nc(C)cc(NCCNC(=O)Nc2ccc(SC(F)(F)F)cc2)n1. The van der Waals surface area contributed by atoms with Gasteiger partial charge in [0.25, 0.3) is 0 Å². The number of hydrogen-bond acceptors (Lipinski definition) is 6. The average molecular weight is 414 g/mol. The summed E-state index contributed by atoms with van der Waals surface area (Å²) in [6, 6.07) is 6.77. The van der Waals surface area contributed by atoms with Crippen LogP contribution in [0.3, 0.4) is 0 Å². The van der Waals surface area contributed by atoms with E-state index in [0.717, 1.165) is 5.69 Å². The number of anilines is 3. The minimum atomic E-state index is -4.34. The summed E-state index contributed by atoms with van der Waals surface area (Å²) in [6.45, 7) is 5.28. The Hall–Kier alpha value is -2.69. The van der Waals surface area contributed by atoms with Crippen molar-refractivity contribution in [3.63, 3.8) is 0 Å². The normalized spacial score (nSPS) is 11.0. The lowest BCUT2D eigenvalue weighted by atomic mass is 10.3. The summed E-state index contributed by atoms with van der Waals surface area (Å²) < 4.78 is 36.9. The molecule has 1 heterocycles. The zero-order chi connectivity index (χ0) is 20.6. The molecule has 2 aromatic rings. The van der Waals surface area contributed by atoms with Gasteiger partial charge in [-0.25, -0.2) is 9.78 Å². The van der Waals surface area contributed by atoms with Gasteiger partial charge in [0.2, 0.25) is 5.95 Å². The van der Waals surface area contributed by atoms with E-state index in [-0.39, 0.29) is 16.7 Å². The number of aromatic nitrogens is 2. The number of carbonyl (C=O) groups excluding carboxylic acids is 1. The van der Waals surface area contributed by atoms with E-state index in [2.05, 4.69) is 31.2 Å². The summed E-state index contributed by atoms with van der Waals surface area (Å²) in [6.07, 6.45) is 0. The second-order valence-electron chi connectivity index (χ2n) is 5.63. The van der Waals surface area contributed by atoms with Crippen molar-refractivity contribution in [1.29, 1.82) is 0 Å². The van der Waals surface area contributed by atoms with Crippen molar-refractivity contribution in [3.8, 4) is 0 Å². The summed E-state index contributed by atoms with van der Waals surface area (Å²) in [4.78, 5) is 20.5. The van der Waals surface area contributed by atoms with Gasteiger partial charge in [0.05, 0.1) is 0 Å². The third-order valence-corrected chi connectivity index (χ3v) is 3.99. The molecule has 0 saturated heterocycles. The number of amides is 2. The van der Waals surface area contributed by atoms with Crippen molar-refractivity contribution in [3.05, 3.63) is 36.0 Å². The minimum absolute atomic E-state index is 0.0553. The Labute approximate surface area is 164 Å². The lowest BCUT2D eigenvalue weighted by molar-refractivity contribution is -0.0328. The van der Waals surface area contributed by atoms with Gasteiger partial charge in [0.1, 0.15) is 5.82 Å². The fraction of sp³-hybridized carbons (Fsp3) is 0.353. The number of carbonyl (C=O) groups is 1. The monoisotopic (exact) mass is 414 g/mol. The van der Waals surface area contributed by atoms with E-state index in [9.17, 15) is 18.0 Å². The van der Waals surface area contributed by atoms with Crippen LogP contribution in [0.25, 0.3) is 0 Å². The van der Waals surface area contributed by atoms with E-state index in [1.54, 1.807) is 6.07 Å². The highest BCUT2D eigenvalue weighted by atomic mass is 32.2. The quantitative estimate of drug-likeness (QED) is 0.385. The first-order chi connectivity index (χ1) is 13.2.